The van der Waals surface area contributed by atoms with Gasteiger partial charge in [-0.05, 0) is 38.1 Å². The van der Waals surface area contributed by atoms with Crippen LogP contribution in [0.3, 0.4) is 0 Å². The van der Waals surface area contributed by atoms with Crippen LogP contribution >= 0.6 is 0 Å². The van der Waals surface area contributed by atoms with E-state index in [1.165, 1.54) is 0 Å². The minimum atomic E-state index is -0.275. The van der Waals surface area contributed by atoms with Crippen molar-refractivity contribution in [3.8, 4) is 22.8 Å². The molecule has 3 rings (SSSR count). The second kappa shape index (κ2) is 6.91. The molecule has 0 spiro atoms. The maximum Gasteiger partial charge on any atom is 0.273 e. The predicted octanol–water partition coefficient (Wildman–Crippen LogP) is 2.70. The lowest BCUT2D eigenvalue weighted by Crippen LogP contribution is -2.13. The Labute approximate surface area is 151 Å². The van der Waals surface area contributed by atoms with Crippen LogP contribution in [0, 0.1) is 13.8 Å². The average molecular weight is 355 g/mol. The van der Waals surface area contributed by atoms with Crippen LogP contribution in [0.25, 0.3) is 11.3 Å². The van der Waals surface area contributed by atoms with E-state index in [1.807, 2.05) is 33.0 Å². The van der Waals surface area contributed by atoms with Gasteiger partial charge in [-0.25, -0.2) is 0 Å². The van der Waals surface area contributed by atoms with Crippen molar-refractivity contribution in [3.05, 3.63) is 41.3 Å². The van der Waals surface area contributed by atoms with E-state index in [9.17, 15) is 4.79 Å². The summed E-state index contributed by atoms with van der Waals surface area (Å²) >= 11 is 0. The molecule has 0 aliphatic heterocycles. The highest BCUT2D eigenvalue weighted by atomic mass is 16.5. The fourth-order valence-electron chi connectivity index (χ4n) is 2.72. The number of aryl methyl sites for hydroxylation is 2. The minimum absolute atomic E-state index is 0.275. The average Bonchev–Trinajstić information content (AvgIpc) is 3.22. The molecule has 0 atom stereocenters. The number of aromatic amines is 1. The Morgan fingerprint density at radius 2 is 1.88 bits per heavy atom. The zero-order valence-electron chi connectivity index (χ0n) is 15.4. The van der Waals surface area contributed by atoms with Crippen molar-refractivity contribution in [2.75, 3.05) is 19.5 Å². The maximum absolute atomic E-state index is 12.5. The molecule has 2 aromatic heterocycles. The van der Waals surface area contributed by atoms with Crippen LogP contribution in [0.1, 0.15) is 21.9 Å². The van der Waals surface area contributed by atoms with Gasteiger partial charge in [0.1, 0.15) is 5.69 Å². The number of ether oxygens (including phenoxy) is 2. The molecule has 1 amide bonds. The van der Waals surface area contributed by atoms with Crippen molar-refractivity contribution < 1.29 is 14.3 Å². The van der Waals surface area contributed by atoms with Gasteiger partial charge in [0.2, 0.25) is 0 Å². The standard InChI is InChI=1S/C18H21N5O3/c1-10-17(11(2)23(3)22-10)19-18(24)14-9-13(20-21-14)12-6-7-15(25-4)16(8-12)26-5/h6-9H,1-5H3,(H,19,24)(H,20,21). The van der Waals surface area contributed by atoms with Crippen LogP contribution in [0.4, 0.5) is 5.69 Å². The summed E-state index contributed by atoms with van der Waals surface area (Å²) < 4.78 is 12.3. The molecule has 8 heteroatoms. The molecule has 0 fully saturated rings. The molecule has 0 saturated heterocycles. The number of benzene rings is 1. The van der Waals surface area contributed by atoms with Gasteiger partial charge in [0.15, 0.2) is 11.5 Å². The van der Waals surface area contributed by atoms with Crippen LogP contribution in [0.5, 0.6) is 11.5 Å². The smallest absolute Gasteiger partial charge is 0.273 e. The SMILES string of the molecule is COc1ccc(-c2cc(C(=O)Nc3c(C)nn(C)c3C)[nH]n2)cc1OC. The zero-order valence-corrected chi connectivity index (χ0v) is 15.4. The fraction of sp³-hybridized carbons (Fsp3) is 0.278. The molecule has 26 heavy (non-hydrogen) atoms. The third-order valence-electron chi connectivity index (χ3n) is 4.25. The summed E-state index contributed by atoms with van der Waals surface area (Å²) in [5.41, 5.74) is 4.16. The van der Waals surface area contributed by atoms with Gasteiger partial charge in [-0.1, -0.05) is 0 Å². The predicted molar refractivity (Wildman–Crippen MR) is 97.8 cm³/mol. The Morgan fingerprint density at radius 3 is 2.50 bits per heavy atom. The van der Waals surface area contributed by atoms with Crippen LogP contribution in [-0.4, -0.2) is 40.1 Å². The van der Waals surface area contributed by atoms with Gasteiger partial charge in [-0.15, -0.1) is 0 Å². The Bertz CT molecular complexity index is 958. The quantitative estimate of drug-likeness (QED) is 0.734. The van der Waals surface area contributed by atoms with E-state index in [-0.39, 0.29) is 5.91 Å². The normalized spacial score (nSPS) is 10.7. The number of hydrogen-bond acceptors (Lipinski definition) is 5. The van der Waals surface area contributed by atoms with Crippen LogP contribution in [0.2, 0.25) is 0 Å². The Morgan fingerprint density at radius 1 is 1.15 bits per heavy atom. The summed E-state index contributed by atoms with van der Waals surface area (Å²) in [6.45, 7) is 3.75. The first-order chi connectivity index (χ1) is 12.4. The van der Waals surface area contributed by atoms with Crippen molar-refractivity contribution in [2.24, 2.45) is 7.05 Å². The van der Waals surface area contributed by atoms with Crippen molar-refractivity contribution in [3.63, 3.8) is 0 Å². The fourth-order valence-corrected chi connectivity index (χ4v) is 2.72. The van der Waals surface area contributed by atoms with Gasteiger partial charge in [-0.2, -0.15) is 10.2 Å². The Hall–Kier alpha value is -3.29. The number of rotatable bonds is 5. The van der Waals surface area contributed by atoms with Gasteiger partial charge in [-0.3, -0.25) is 14.6 Å². The van der Waals surface area contributed by atoms with Gasteiger partial charge < -0.3 is 14.8 Å². The minimum Gasteiger partial charge on any atom is -0.493 e. The molecule has 2 N–H and O–H groups in total. The lowest BCUT2D eigenvalue weighted by atomic mass is 10.1. The van der Waals surface area contributed by atoms with Crippen molar-refractivity contribution in [1.29, 1.82) is 0 Å². The highest BCUT2D eigenvalue weighted by Gasteiger charge is 2.17. The van der Waals surface area contributed by atoms with E-state index >= 15 is 0 Å². The van der Waals surface area contributed by atoms with Gasteiger partial charge in [0.25, 0.3) is 5.91 Å². The highest BCUT2D eigenvalue weighted by Crippen LogP contribution is 2.31. The molecule has 136 valence electrons. The molecule has 0 radical (unpaired) electrons. The van der Waals surface area contributed by atoms with Crippen LogP contribution in [-0.2, 0) is 7.05 Å². The number of carbonyl (C=O) groups is 1. The molecule has 0 aliphatic rings. The summed E-state index contributed by atoms with van der Waals surface area (Å²) in [7, 11) is 4.99. The van der Waals surface area contributed by atoms with Gasteiger partial charge in [0.05, 0.1) is 37.0 Å². The highest BCUT2D eigenvalue weighted by molar-refractivity contribution is 6.04. The van der Waals surface area contributed by atoms with Gasteiger partial charge in [0, 0.05) is 12.6 Å². The van der Waals surface area contributed by atoms with E-state index in [0.29, 0.717) is 28.6 Å². The monoisotopic (exact) mass is 355 g/mol. The summed E-state index contributed by atoms with van der Waals surface area (Å²) in [6.07, 6.45) is 0. The van der Waals surface area contributed by atoms with E-state index in [2.05, 4.69) is 20.6 Å². The molecule has 0 aliphatic carbocycles. The van der Waals surface area contributed by atoms with E-state index in [0.717, 1.165) is 17.0 Å². The number of carbonyl (C=O) groups excluding carboxylic acids is 1. The summed E-state index contributed by atoms with van der Waals surface area (Å²) in [6, 6.07) is 7.16. The van der Waals surface area contributed by atoms with Crippen LogP contribution < -0.4 is 14.8 Å². The second-order valence-corrected chi connectivity index (χ2v) is 5.86. The number of hydrogen-bond donors (Lipinski definition) is 2. The summed E-state index contributed by atoms with van der Waals surface area (Å²) in [5, 5.41) is 14.2. The third kappa shape index (κ3) is 3.13. The maximum atomic E-state index is 12.5. The molecule has 0 unspecified atom stereocenters. The zero-order chi connectivity index (χ0) is 18.8. The van der Waals surface area contributed by atoms with E-state index in [4.69, 9.17) is 9.47 Å². The van der Waals surface area contributed by atoms with Gasteiger partial charge >= 0.3 is 0 Å². The molecule has 1 aromatic carbocycles. The van der Waals surface area contributed by atoms with Crippen LogP contribution in [0.15, 0.2) is 24.3 Å². The number of aromatic nitrogens is 4. The molecular weight excluding hydrogens is 334 g/mol. The number of nitrogens with zero attached hydrogens (tertiary/aromatic N) is 3. The molecular formula is C18H21N5O3. The first-order valence-electron chi connectivity index (χ1n) is 8.04. The van der Waals surface area contributed by atoms with Crippen molar-refractivity contribution in [2.45, 2.75) is 13.8 Å². The number of amides is 1. The molecule has 0 saturated carbocycles. The lowest BCUT2D eigenvalue weighted by Gasteiger charge is -2.08. The van der Waals surface area contributed by atoms with Crippen molar-refractivity contribution >= 4 is 11.6 Å². The number of nitrogens with one attached hydrogen (secondary N) is 2. The summed E-state index contributed by atoms with van der Waals surface area (Å²) in [5.74, 6) is 0.955. The number of H-pyrrole nitrogens is 1. The van der Waals surface area contributed by atoms with Crippen molar-refractivity contribution in [1.82, 2.24) is 20.0 Å². The molecule has 2 heterocycles. The molecule has 3 aromatic rings. The first-order valence-corrected chi connectivity index (χ1v) is 8.04. The molecule has 0 bridgehead atoms. The lowest BCUT2D eigenvalue weighted by molar-refractivity contribution is 0.102. The third-order valence-corrected chi connectivity index (χ3v) is 4.25. The number of methoxy groups -OCH3 is 2. The first kappa shape index (κ1) is 17.5. The number of anilines is 1. The largest absolute Gasteiger partial charge is 0.493 e. The Kier molecular flexibility index (Phi) is 4.66. The van der Waals surface area contributed by atoms with E-state index in [1.54, 1.807) is 31.0 Å². The topological polar surface area (TPSA) is 94.1 Å². The van der Waals surface area contributed by atoms with E-state index < -0.39 is 0 Å². The Balaban J connectivity index is 1.84. The summed E-state index contributed by atoms with van der Waals surface area (Å²) in [4.78, 5) is 12.5. The second-order valence-electron chi connectivity index (χ2n) is 5.86. The molecule has 8 nitrogen and oxygen atoms in total.